The van der Waals surface area contributed by atoms with E-state index in [4.69, 9.17) is 9.97 Å². The highest BCUT2D eigenvalue weighted by Crippen LogP contribution is 2.38. The van der Waals surface area contributed by atoms with Gasteiger partial charge >= 0.3 is 5.71 Å². The van der Waals surface area contributed by atoms with E-state index in [0.717, 1.165) is 78.4 Å². The van der Waals surface area contributed by atoms with E-state index in [0.29, 0.717) is 0 Å². The first-order chi connectivity index (χ1) is 27.3. The normalized spacial score (nSPS) is 12.4. The van der Waals surface area contributed by atoms with Crippen LogP contribution < -0.4 is 4.67 Å². The van der Waals surface area contributed by atoms with Crippen molar-refractivity contribution in [2.75, 3.05) is 0 Å². The van der Waals surface area contributed by atoms with Crippen molar-refractivity contribution in [3.8, 4) is 45.0 Å². The summed E-state index contributed by atoms with van der Waals surface area (Å²) in [5.74, 6) is 0. The van der Waals surface area contributed by atoms with Gasteiger partial charge in [0.15, 0.2) is 5.69 Å². The molecule has 1 aliphatic heterocycles. The molecule has 6 heterocycles. The van der Waals surface area contributed by atoms with Gasteiger partial charge in [0.25, 0.3) is 6.21 Å². The molecule has 6 nitrogen and oxygen atoms in total. The Morgan fingerprint density at radius 1 is 0.418 bits per heavy atom. The molecule has 0 radical (unpaired) electrons. The Hall–Kier alpha value is -7.66. The largest absolute Gasteiger partial charge is 0.352 e. The summed E-state index contributed by atoms with van der Waals surface area (Å²) in [5, 5.41) is 3.60. The van der Waals surface area contributed by atoms with E-state index in [1.54, 1.807) is 12.4 Å². The number of hydrogen-bond donors (Lipinski definition) is 0. The fraction of sp³-hybridized carbons (Fsp3) is 0. The maximum atomic E-state index is 4.94. The molecule has 10 aromatic rings. The summed E-state index contributed by atoms with van der Waals surface area (Å²) in [4.78, 5) is 14.4. The van der Waals surface area contributed by atoms with E-state index in [9.17, 15) is 0 Å². The standard InChI is InChI=1S/C49H31N6/c1-2-10-36(11-3-1)54-45-15-5-4-12-38(45)39-23-19-33(30-47(39)54)34-20-24-40-48(31-34)55(46-16-9-27-52-49(40)46)37-21-17-32(18-22-37)35-28-43(41-13-6-7-25-50-41)53-44(29-35)42-14-8-26-51-42/h1-31H/q+1. The Bertz CT molecular complexity index is 3220. The molecule has 256 valence electrons. The van der Waals surface area contributed by atoms with Gasteiger partial charge in [0.1, 0.15) is 0 Å². The van der Waals surface area contributed by atoms with Crippen LogP contribution in [0.25, 0.3) is 88.8 Å². The highest BCUT2D eigenvalue weighted by atomic mass is 15.0. The van der Waals surface area contributed by atoms with Gasteiger partial charge in [-0.2, -0.15) is 0 Å². The zero-order valence-electron chi connectivity index (χ0n) is 29.6. The van der Waals surface area contributed by atoms with Crippen LogP contribution in [0.1, 0.15) is 5.69 Å². The van der Waals surface area contributed by atoms with Gasteiger partial charge in [-0.15, -0.1) is 0 Å². The zero-order valence-corrected chi connectivity index (χ0v) is 29.6. The summed E-state index contributed by atoms with van der Waals surface area (Å²) < 4.78 is 9.24. The maximum absolute atomic E-state index is 4.94. The van der Waals surface area contributed by atoms with E-state index in [-0.39, 0.29) is 0 Å². The van der Waals surface area contributed by atoms with Crippen molar-refractivity contribution in [1.82, 2.24) is 28.8 Å². The average molecular weight is 704 g/mol. The molecule has 0 amide bonds. The van der Waals surface area contributed by atoms with Crippen LogP contribution in [-0.4, -0.2) is 36.0 Å². The van der Waals surface area contributed by atoms with Crippen molar-refractivity contribution in [2.24, 2.45) is 0 Å². The number of fused-ring (bicyclic) bond motifs is 6. The van der Waals surface area contributed by atoms with Crippen molar-refractivity contribution in [1.29, 1.82) is 0 Å². The van der Waals surface area contributed by atoms with E-state index >= 15 is 0 Å². The quantitative estimate of drug-likeness (QED) is 0.162. The lowest BCUT2D eigenvalue weighted by atomic mass is 10.0. The van der Waals surface area contributed by atoms with Crippen LogP contribution >= 0.6 is 0 Å². The molecule has 0 atom stereocenters. The molecular weight excluding hydrogens is 673 g/mol. The Morgan fingerprint density at radius 3 is 1.87 bits per heavy atom. The molecule has 0 saturated carbocycles. The van der Waals surface area contributed by atoms with E-state index < -0.39 is 0 Å². The molecule has 55 heavy (non-hydrogen) atoms. The summed E-state index contributed by atoms with van der Waals surface area (Å²) in [7, 11) is 0. The first-order valence-electron chi connectivity index (χ1n) is 18.4. The molecule has 0 unspecified atom stereocenters. The van der Waals surface area contributed by atoms with Crippen molar-refractivity contribution in [3.05, 3.63) is 188 Å². The van der Waals surface area contributed by atoms with E-state index in [1.165, 1.54) is 21.8 Å². The van der Waals surface area contributed by atoms with Crippen LogP contribution in [0, 0.1) is 0 Å². The average Bonchev–Trinajstić information content (AvgIpc) is 4.00. The SMILES string of the molecule is C1=CC(c2cc(-c3ccc(-n4c5cc(-c6ccc7c8ccccc8n(-c8ccccc8)c7c6)ccc5c5ncccc54)cc3)cc(-c3ccccn3)n2)=[N+]=C1. The van der Waals surface area contributed by atoms with Gasteiger partial charge in [-0.3, -0.25) is 9.97 Å². The number of allylic oxidation sites excluding steroid dienone is 2. The number of rotatable bonds is 6. The first-order valence-corrected chi connectivity index (χ1v) is 18.4. The van der Waals surface area contributed by atoms with Crippen LogP contribution in [-0.2, 0) is 0 Å². The third-order valence-corrected chi connectivity index (χ3v) is 10.6. The maximum Gasteiger partial charge on any atom is 0.352 e. The highest BCUT2D eigenvalue weighted by molar-refractivity contribution is 6.13. The third kappa shape index (κ3) is 5.12. The van der Waals surface area contributed by atoms with Crippen molar-refractivity contribution >= 4 is 55.7 Å². The van der Waals surface area contributed by atoms with Crippen LogP contribution in [0.3, 0.4) is 0 Å². The van der Waals surface area contributed by atoms with E-state index in [2.05, 4.69) is 152 Å². The van der Waals surface area contributed by atoms with Gasteiger partial charge in [-0.05, 0) is 107 Å². The van der Waals surface area contributed by atoms with Crippen molar-refractivity contribution in [3.63, 3.8) is 0 Å². The molecule has 5 aromatic heterocycles. The molecule has 0 fully saturated rings. The molecule has 0 saturated heterocycles. The van der Waals surface area contributed by atoms with Gasteiger partial charge in [-0.1, -0.05) is 77.5 Å². The number of aromatic nitrogens is 5. The lowest BCUT2D eigenvalue weighted by Gasteiger charge is -2.12. The molecular formula is C49H31N6+. The Labute approximate surface area is 316 Å². The topological polar surface area (TPSA) is 62.6 Å². The minimum absolute atomic E-state index is 0.809. The van der Waals surface area contributed by atoms with Gasteiger partial charge < -0.3 is 9.13 Å². The second kappa shape index (κ2) is 12.5. The second-order valence-corrected chi connectivity index (χ2v) is 13.8. The number of benzene rings is 5. The summed E-state index contributed by atoms with van der Waals surface area (Å²) in [6.07, 6.45) is 9.40. The summed E-state index contributed by atoms with van der Waals surface area (Å²) >= 11 is 0. The lowest BCUT2D eigenvalue weighted by Crippen LogP contribution is -2.04. The molecule has 5 aromatic carbocycles. The predicted octanol–water partition coefficient (Wildman–Crippen LogP) is 10.6. The molecule has 0 bridgehead atoms. The lowest BCUT2D eigenvalue weighted by molar-refractivity contribution is 1.17. The number of hydrogen-bond acceptors (Lipinski definition) is 3. The molecule has 0 spiro atoms. The van der Waals surface area contributed by atoms with Gasteiger partial charge in [0, 0.05) is 52.1 Å². The number of pyridine rings is 3. The van der Waals surface area contributed by atoms with Gasteiger partial charge in [0.2, 0.25) is 0 Å². The van der Waals surface area contributed by atoms with Crippen LogP contribution in [0.5, 0.6) is 0 Å². The van der Waals surface area contributed by atoms with Crippen LogP contribution in [0.15, 0.2) is 182 Å². The number of para-hydroxylation sites is 2. The minimum Gasteiger partial charge on any atom is -0.309 e. The third-order valence-electron chi connectivity index (χ3n) is 10.6. The van der Waals surface area contributed by atoms with Gasteiger partial charge in [0.05, 0.1) is 39.0 Å². The summed E-state index contributed by atoms with van der Waals surface area (Å²) in [6.45, 7) is 0. The monoisotopic (exact) mass is 703 g/mol. The van der Waals surface area contributed by atoms with Crippen LogP contribution in [0.4, 0.5) is 0 Å². The van der Waals surface area contributed by atoms with Crippen LogP contribution in [0.2, 0.25) is 0 Å². The fourth-order valence-electron chi connectivity index (χ4n) is 8.02. The van der Waals surface area contributed by atoms with Gasteiger partial charge in [-0.25, -0.2) is 4.98 Å². The molecule has 1 aliphatic rings. The summed E-state index contributed by atoms with van der Waals surface area (Å²) in [5.41, 5.74) is 15.5. The molecule has 6 heteroatoms. The molecule has 11 rings (SSSR count). The minimum atomic E-state index is 0.809. The summed E-state index contributed by atoms with van der Waals surface area (Å²) in [6, 6.07) is 55.9. The Morgan fingerprint density at radius 2 is 1.07 bits per heavy atom. The van der Waals surface area contributed by atoms with Crippen molar-refractivity contribution in [2.45, 2.75) is 0 Å². The first kappa shape index (κ1) is 30.9. The second-order valence-electron chi connectivity index (χ2n) is 13.8. The smallest absolute Gasteiger partial charge is 0.309 e. The Kier molecular flexibility index (Phi) is 7.02. The number of nitrogens with zero attached hydrogens (tertiary/aromatic N) is 6. The zero-order chi connectivity index (χ0) is 36.3. The highest BCUT2D eigenvalue weighted by Gasteiger charge is 2.20. The van der Waals surface area contributed by atoms with E-state index in [1.807, 2.05) is 42.6 Å². The Balaban J connectivity index is 1.05. The van der Waals surface area contributed by atoms with Crippen molar-refractivity contribution < 1.29 is 0 Å². The molecule has 0 N–H and O–H groups in total. The predicted molar refractivity (Wildman–Crippen MR) is 226 cm³/mol. The fourth-order valence-corrected chi connectivity index (χ4v) is 8.02. The molecule has 0 aliphatic carbocycles.